The Morgan fingerprint density at radius 2 is 1.79 bits per heavy atom. The number of halogens is 2. The van der Waals surface area contributed by atoms with Crippen LogP contribution in [0.4, 0.5) is 9.39 Å². The lowest BCUT2D eigenvalue weighted by Gasteiger charge is -2.07. The molecule has 0 aliphatic heterocycles. The van der Waals surface area contributed by atoms with Crippen LogP contribution in [0.15, 0.2) is 60.0 Å². The minimum absolute atomic E-state index is 0.276. The summed E-state index contributed by atoms with van der Waals surface area (Å²) < 4.78 is 17.8. The molecule has 0 radical (unpaired) electrons. The first-order valence-corrected chi connectivity index (χ1v) is 9.44. The van der Waals surface area contributed by atoms with Crippen LogP contribution in [0.5, 0.6) is 0 Å². The quantitative estimate of drug-likeness (QED) is 0.433. The molecule has 2 aromatic carbocycles. The number of benzene rings is 2. The standard InChI is InChI=1S/C21H15ClFNO3S/c1-27-21(26)19-17(14-5-7-15(22)8-6-14)12-28-20(19)24-18(25)11-4-13-2-9-16(23)10-3-13/h2-12H,1H3,(H,24,25)/b11-4+. The maximum Gasteiger partial charge on any atom is 0.341 e. The molecular weight excluding hydrogens is 401 g/mol. The van der Waals surface area contributed by atoms with Gasteiger partial charge < -0.3 is 10.1 Å². The van der Waals surface area contributed by atoms with E-state index >= 15 is 0 Å². The number of thiophene rings is 1. The number of carbonyl (C=O) groups excluding carboxylic acids is 2. The highest BCUT2D eigenvalue weighted by Crippen LogP contribution is 2.36. The van der Waals surface area contributed by atoms with Crippen molar-refractivity contribution in [2.24, 2.45) is 0 Å². The number of ether oxygens (including phenoxy) is 1. The van der Waals surface area contributed by atoms with Gasteiger partial charge in [0.2, 0.25) is 5.91 Å². The highest BCUT2D eigenvalue weighted by molar-refractivity contribution is 7.15. The van der Waals surface area contributed by atoms with Crippen molar-refractivity contribution in [3.8, 4) is 11.1 Å². The number of amides is 1. The number of methoxy groups -OCH3 is 1. The van der Waals surface area contributed by atoms with Gasteiger partial charge in [0.1, 0.15) is 16.4 Å². The summed E-state index contributed by atoms with van der Waals surface area (Å²) in [6.45, 7) is 0. The molecule has 1 N–H and O–H groups in total. The zero-order valence-corrected chi connectivity index (χ0v) is 16.3. The van der Waals surface area contributed by atoms with Gasteiger partial charge in [-0.1, -0.05) is 35.9 Å². The second kappa shape index (κ2) is 8.82. The topological polar surface area (TPSA) is 55.4 Å². The summed E-state index contributed by atoms with van der Waals surface area (Å²) in [7, 11) is 1.28. The lowest BCUT2D eigenvalue weighted by molar-refractivity contribution is -0.111. The Labute approximate surface area is 170 Å². The van der Waals surface area contributed by atoms with E-state index in [9.17, 15) is 14.0 Å². The number of carbonyl (C=O) groups is 2. The largest absolute Gasteiger partial charge is 0.465 e. The number of esters is 1. The van der Waals surface area contributed by atoms with Gasteiger partial charge in [-0.15, -0.1) is 11.3 Å². The van der Waals surface area contributed by atoms with Gasteiger partial charge in [-0.3, -0.25) is 4.79 Å². The summed E-state index contributed by atoms with van der Waals surface area (Å²) in [6, 6.07) is 12.8. The molecule has 0 saturated carbocycles. The SMILES string of the molecule is COC(=O)c1c(-c2ccc(Cl)cc2)csc1NC(=O)/C=C/c1ccc(F)cc1. The molecule has 7 heteroatoms. The first-order chi connectivity index (χ1) is 13.5. The molecule has 28 heavy (non-hydrogen) atoms. The Balaban J connectivity index is 1.85. The molecule has 1 heterocycles. The van der Waals surface area contributed by atoms with Crippen LogP contribution in [0, 0.1) is 5.82 Å². The fourth-order valence-electron chi connectivity index (χ4n) is 2.50. The summed E-state index contributed by atoms with van der Waals surface area (Å²) in [5.41, 5.74) is 2.38. The van der Waals surface area contributed by atoms with Crippen molar-refractivity contribution < 1.29 is 18.7 Å². The average Bonchev–Trinajstić information content (AvgIpc) is 3.11. The summed E-state index contributed by atoms with van der Waals surface area (Å²) in [6.07, 6.45) is 2.87. The lowest BCUT2D eigenvalue weighted by atomic mass is 10.0. The smallest absolute Gasteiger partial charge is 0.341 e. The van der Waals surface area contributed by atoms with Crippen LogP contribution in [-0.4, -0.2) is 19.0 Å². The fraction of sp³-hybridized carbons (Fsp3) is 0.0476. The second-order valence-corrected chi connectivity index (χ2v) is 7.04. The molecule has 1 amide bonds. The minimum Gasteiger partial charge on any atom is -0.465 e. The van der Waals surface area contributed by atoms with E-state index in [-0.39, 0.29) is 11.4 Å². The van der Waals surface area contributed by atoms with Crippen molar-refractivity contribution in [3.05, 3.63) is 82.0 Å². The van der Waals surface area contributed by atoms with E-state index < -0.39 is 11.9 Å². The van der Waals surface area contributed by atoms with Gasteiger partial charge >= 0.3 is 5.97 Å². The van der Waals surface area contributed by atoms with Crippen molar-refractivity contribution in [1.82, 2.24) is 0 Å². The summed E-state index contributed by atoms with van der Waals surface area (Å²) >= 11 is 7.14. The molecule has 0 spiro atoms. The van der Waals surface area contributed by atoms with Gasteiger partial charge in [-0.25, -0.2) is 9.18 Å². The van der Waals surface area contributed by atoms with Gasteiger partial charge in [-0.2, -0.15) is 0 Å². The highest BCUT2D eigenvalue weighted by atomic mass is 35.5. The third-order valence-electron chi connectivity index (χ3n) is 3.87. The van der Waals surface area contributed by atoms with Crippen LogP contribution >= 0.6 is 22.9 Å². The normalized spacial score (nSPS) is 10.8. The van der Waals surface area contributed by atoms with Crippen molar-refractivity contribution >= 4 is 45.9 Å². The summed E-state index contributed by atoms with van der Waals surface area (Å²) in [5.74, 6) is -1.32. The molecule has 0 atom stereocenters. The minimum atomic E-state index is -0.552. The van der Waals surface area contributed by atoms with Gasteiger partial charge in [0, 0.05) is 22.0 Å². The molecule has 0 saturated heterocycles. The molecule has 3 aromatic rings. The zero-order chi connectivity index (χ0) is 20.1. The van der Waals surface area contributed by atoms with Gasteiger partial charge in [-0.05, 0) is 41.5 Å². The molecule has 0 bridgehead atoms. The van der Waals surface area contributed by atoms with Gasteiger partial charge in [0.25, 0.3) is 0 Å². The number of nitrogens with one attached hydrogen (secondary N) is 1. The third-order valence-corrected chi connectivity index (χ3v) is 5.02. The molecule has 0 aliphatic rings. The maximum absolute atomic E-state index is 12.9. The predicted molar refractivity (Wildman–Crippen MR) is 110 cm³/mol. The van der Waals surface area contributed by atoms with E-state index in [1.807, 2.05) is 0 Å². The highest BCUT2D eigenvalue weighted by Gasteiger charge is 2.21. The zero-order valence-electron chi connectivity index (χ0n) is 14.7. The molecule has 1 aromatic heterocycles. The molecule has 142 valence electrons. The van der Waals surface area contributed by atoms with E-state index in [2.05, 4.69) is 5.32 Å². The monoisotopic (exact) mass is 415 g/mol. The van der Waals surface area contributed by atoms with Crippen molar-refractivity contribution in [3.63, 3.8) is 0 Å². The van der Waals surface area contributed by atoms with Crippen molar-refractivity contribution in [2.75, 3.05) is 12.4 Å². The van der Waals surface area contributed by atoms with Gasteiger partial charge in [0.05, 0.1) is 7.11 Å². The summed E-state index contributed by atoms with van der Waals surface area (Å²) in [4.78, 5) is 24.6. The Kier molecular flexibility index (Phi) is 6.23. The Morgan fingerprint density at radius 1 is 1.11 bits per heavy atom. The lowest BCUT2D eigenvalue weighted by Crippen LogP contribution is -2.11. The van der Waals surface area contributed by atoms with E-state index in [0.717, 1.165) is 5.56 Å². The Bertz CT molecular complexity index is 1030. The van der Waals surface area contributed by atoms with E-state index in [0.29, 0.717) is 21.2 Å². The average molecular weight is 416 g/mol. The third kappa shape index (κ3) is 4.65. The Morgan fingerprint density at radius 3 is 2.43 bits per heavy atom. The van der Waals surface area contributed by atoms with Crippen LogP contribution in [0.3, 0.4) is 0 Å². The van der Waals surface area contributed by atoms with Gasteiger partial charge in [0.15, 0.2) is 0 Å². The molecule has 0 fully saturated rings. The predicted octanol–water partition coefficient (Wildman–Crippen LogP) is 5.65. The molecular formula is C21H15ClFNO3S. The first kappa shape index (κ1) is 19.8. The Hall–Kier alpha value is -2.96. The van der Waals surface area contributed by atoms with Crippen LogP contribution in [-0.2, 0) is 9.53 Å². The maximum atomic E-state index is 12.9. The number of anilines is 1. The van der Waals surface area contributed by atoms with E-state index in [1.54, 1.807) is 47.9 Å². The molecule has 0 aliphatic carbocycles. The van der Waals surface area contributed by atoms with Crippen molar-refractivity contribution in [2.45, 2.75) is 0 Å². The molecule has 0 unspecified atom stereocenters. The van der Waals surface area contributed by atoms with Crippen LogP contribution in [0.2, 0.25) is 5.02 Å². The van der Waals surface area contributed by atoms with E-state index in [4.69, 9.17) is 16.3 Å². The summed E-state index contributed by atoms with van der Waals surface area (Å²) in [5, 5.41) is 5.44. The number of hydrogen-bond donors (Lipinski definition) is 1. The second-order valence-electron chi connectivity index (χ2n) is 5.73. The first-order valence-electron chi connectivity index (χ1n) is 8.18. The molecule has 4 nitrogen and oxygen atoms in total. The van der Waals surface area contributed by atoms with Crippen LogP contribution in [0.25, 0.3) is 17.2 Å². The van der Waals surface area contributed by atoms with Crippen molar-refractivity contribution in [1.29, 1.82) is 0 Å². The van der Waals surface area contributed by atoms with Crippen LogP contribution < -0.4 is 5.32 Å². The van der Waals surface area contributed by atoms with Crippen LogP contribution in [0.1, 0.15) is 15.9 Å². The van der Waals surface area contributed by atoms with E-state index in [1.165, 1.54) is 36.7 Å². The fourth-order valence-corrected chi connectivity index (χ4v) is 3.58. The molecule has 3 rings (SSSR count). The number of rotatable bonds is 5. The number of hydrogen-bond acceptors (Lipinski definition) is 4.